The molecular formula is C4H6Cl2N4O. The molecule has 0 unspecified atom stereocenters. The van der Waals surface area contributed by atoms with E-state index < -0.39 is 10.9 Å². The van der Waals surface area contributed by atoms with Crippen molar-refractivity contribution in [1.29, 1.82) is 5.26 Å². The van der Waals surface area contributed by atoms with Crippen molar-refractivity contribution >= 4 is 29.2 Å². The highest BCUT2D eigenvalue weighted by Crippen LogP contribution is 2.01. The zero-order valence-corrected chi connectivity index (χ0v) is 6.93. The summed E-state index contributed by atoms with van der Waals surface area (Å²) in [4.78, 5) is 9.43. The Labute approximate surface area is 73.6 Å². The van der Waals surface area contributed by atoms with Crippen LogP contribution in [0.15, 0.2) is 0 Å². The summed E-state index contributed by atoms with van der Waals surface area (Å²) in [6.45, 7) is 0.00253. The summed E-state index contributed by atoms with van der Waals surface area (Å²) in [6, 6.07) is -0.833. The summed E-state index contributed by atoms with van der Waals surface area (Å²) in [6.07, 6.45) is 1.62. The Hall–Kier alpha value is -0.860. The minimum absolute atomic E-state index is 0.00253. The summed E-state index contributed by atoms with van der Waals surface area (Å²) < 4.78 is 0. The molecule has 0 fully saturated rings. The van der Waals surface area contributed by atoms with Crippen molar-refractivity contribution in [3.8, 4) is 6.19 Å². The SMILES string of the molecule is N#CN(CC(Cl)Cl)NC(N)=O. The Morgan fingerprint density at radius 2 is 2.36 bits per heavy atom. The van der Waals surface area contributed by atoms with Gasteiger partial charge >= 0.3 is 6.03 Å². The van der Waals surface area contributed by atoms with Crippen LogP contribution in [0, 0.1) is 11.5 Å². The molecule has 0 bridgehead atoms. The van der Waals surface area contributed by atoms with Crippen molar-refractivity contribution in [3.05, 3.63) is 0 Å². The van der Waals surface area contributed by atoms with Gasteiger partial charge in [-0.1, -0.05) is 0 Å². The number of nitrogens with two attached hydrogens (primary N) is 1. The van der Waals surface area contributed by atoms with Gasteiger partial charge in [0.1, 0.15) is 4.84 Å². The molecule has 0 aromatic heterocycles. The summed E-state index contributed by atoms with van der Waals surface area (Å²) >= 11 is 10.6. The Morgan fingerprint density at radius 3 is 2.64 bits per heavy atom. The third-order valence-electron chi connectivity index (χ3n) is 0.686. The molecule has 62 valence electrons. The highest BCUT2D eigenvalue weighted by atomic mass is 35.5. The zero-order valence-electron chi connectivity index (χ0n) is 5.42. The molecular weight excluding hydrogens is 191 g/mol. The predicted octanol–water partition coefficient (Wildman–Crippen LogP) is 0.156. The zero-order chi connectivity index (χ0) is 8.85. The molecule has 5 nitrogen and oxygen atoms in total. The lowest BCUT2D eigenvalue weighted by molar-refractivity contribution is 0.222. The molecule has 0 saturated carbocycles. The first kappa shape index (κ1) is 10.1. The van der Waals surface area contributed by atoms with Gasteiger partial charge in [-0.25, -0.2) is 15.2 Å². The van der Waals surface area contributed by atoms with Crippen molar-refractivity contribution in [1.82, 2.24) is 10.4 Å². The number of nitrogens with one attached hydrogen (secondary N) is 1. The van der Waals surface area contributed by atoms with Crippen LogP contribution in [0.4, 0.5) is 4.79 Å². The number of carbonyl (C=O) groups is 1. The molecule has 0 aliphatic rings. The lowest BCUT2D eigenvalue weighted by Gasteiger charge is -2.14. The van der Waals surface area contributed by atoms with E-state index in [1.165, 1.54) is 0 Å². The van der Waals surface area contributed by atoms with Gasteiger partial charge in [-0.2, -0.15) is 5.26 Å². The van der Waals surface area contributed by atoms with Gasteiger partial charge in [0.25, 0.3) is 0 Å². The molecule has 0 atom stereocenters. The highest BCUT2D eigenvalue weighted by Gasteiger charge is 2.07. The molecule has 0 aliphatic heterocycles. The van der Waals surface area contributed by atoms with Crippen molar-refractivity contribution in [2.45, 2.75) is 4.84 Å². The molecule has 0 aromatic rings. The second kappa shape index (κ2) is 4.88. The second-order valence-corrected chi connectivity index (χ2v) is 2.85. The van der Waals surface area contributed by atoms with Gasteiger partial charge in [-0.15, -0.1) is 23.2 Å². The van der Waals surface area contributed by atoms with E-state index in [9.17, 15) is 4.79 Å². The van der Waals surface area contributed by atoms with Gasteiger partial charge in [0.05, 0.1) is 6.54 Å². The second-order valence-electron chi connectivity index (χ2n) is 1.58. The van der Waals surface area contributed by atoms with Crippen LogP contribution in [0.25, 0.3) is 0 Å². The monoisotopic (exact) mass is 196 g/mol. The van der Waals surface area contributed by atoms with E-state index in [-0.39, 0.29) is 6.54 Å². The number of halogens is 2. The van der Waals surface area contributed by atoms with Gasteiger partial charge in [-0.3, -0.25) is 0 Å². The van der Waals surface area contributed by atoms with E-state index in [1.807, 2.05) is 5.43 Å². The van der Waals surface area contributed by atoms with Crippen molar-refractivity contribution in [2.24, 2.45) is 5.73 Å². The van der Waals surface area contributed by atoms with Gasteiger partial charge in [0.2, 0.25) is 0 Å². The third kappa shape index (κ3) is 5.58. The molecule has 0 rings (SSSR count). The molecule has 0 heterocycles. The number of nitriles is 1. The summed E-state index contributed by atoms with van der Waals surface area (Å²) in [7, 11) is 0. The number of hydrazine groups is 1. The Bertz CT molecular complexity index is 177. The first-order valence-corrected chi connectivity index (χ1v) is 3.45. The minimum Gasteiger partial charge on any atom is -0.350 e. The number of rotatable bonds is 3. The molecule has 0 spiro atoms. The molecule has 2 amide bonds. The van der Waals surface area contributed by atoms with Crippen LogP contribution in [0.3, 0.4) is 0 Å². The normalized spacial score (nSPS) is 8.91. The quantitative estimate of drug-likeness (QED) is 0.292. The average Bonchev–Trinajstić information content (AvgIpc) is 1.84. The summed E-state index contributed by atoms with van der Waals surface area (Å²) in [5.74, 6) is 0. The Balaban J connectivity index is 3.79. The molecule has 7 heteroatoms. The highest BCUT2D eigenvalue weighted by molar-refractivity contribution is 6.44. The maximum atomic E-state index is 10.2. The lowest BCUT2D eigenvalue weighted by Crippen LogP contribution is -2.43. The summed E-state index contributed by atoms with van der Waals surface area (Å²) in [5.41, 5.74) is 6.72. The predicted molar refractivity (Wildman–Crippen MR) is 40.5 cm³/mol. The van der Waals surface area contributed by atoms with Crippen LogP contribution >= 0.6 is 23.2 Å². The van der Waals surface area contributed by atoms with E-state index in [2.05, 4.69) is 0 Å². The van der Waals surface area contributed by atoms with E-state index in [1.54, 1.807) is 6.19 Å². The number of nitrogens with zero attached hydrogens (tertiary/aromatic N) is 2. The standard InChI is InChI=1S/C4H6Cl2N4O/c5-3(6)1-10(2-7)9-4(8)11/h3H,1H2,(H3,8,9,11). The van der Waals surface area contributed by atoms with Gasteiger partial charge in [-0.05, 0) is 0 Å². The fourth-order valence-corrected chi connectivity index (χ4v) is 0.659. The van der Waals surface area contributed by atoms with E-state index >= 15 is 0 Å². The Kier molecular flexibility index (Phi) is 4.50. The van der Waals surface area contributed by atoms with Gasteiger partial charge < -0.3 is 5.73 Å². The van der Waals surface area contributed by atoms with Gasteiger partial charge in [0, 0.05) is 0 Å². The lowest BCUT2D eigenvalue weighted by atomic mass is 10.7. The topological polar surface area (TPSA) is 82.2 Å². The maximum Gasteiger partial charge on any atom is 0.331 e. The van der Waals surface area contributed by atoms with Crippen LogP contribution in [-0.2, 0) is 0 Å². The van der Waals surface area contributed by atoms with Crippen LogP contribution < -0.4 is 11.2 Å². The Morgan fingerprint density at radius 1 is 1.82 bits per heavy atom. The van der Waals surface area contributed by atoms with Crippen LogP contribution in [0.5, 0.6) is 0 Å². The van der Waals surface area contributed by atoms with Crippen molar-refractivity contribution in [3.63, 3.8) is 0 Å². The summed E-state index contributed by atoms with van der Waals surface area (Å²) in [5, 5.41) is 9.15. The number of amides is 2. The maximum absolute atomic E-state index is 10.2. The molecule has 0 aliphatic carbocycles. The number of alkyl halides is 2. The number of urea groups is 1. The average molecular weight is 197 g/mol. The molecule has 0 saturated heterocycles. The number of hydrogen-bond acceptors (Lipinski definition) is 3. The molecule has 0 aromatic carbocycles. The number of hydrogen-bond donors (Lipinski definition) is 2. The first-order valence-electron chi connectivity index (χ1n) is 2.57. The molecule has 11 heavy (non-hydrogen) atoms. The van der Waals surface area contributed by atoms with Crippen LogP contribution in [-0.4, -0.2) is 22.4 Å². The number of carbonyl (C=O) groups excluding carboxylic acids is 1. The number of primary amides is 1. The van der Waals surface area contributed by atoms with E-state index in [0.717, 1.165) is 5.01 Å². The molecule has 0 radical (unpaired) electrons. The smallest absolute Gasteiger partial charge is 0.331 e. The third-order valence-corrected chi connectivity index (χ3v) is 0.962. The minimum atomic E-state index is -0.833. The van der Waals surface area contributed by atoms with E-state index in [4.69, 9.17) is 34.2 Å². The fourth-order valence-electron chi connectivity index (χ4n) is 0.382. The fraction of sp³-hybridized carbons (Fsp3) is 0.500. The van der Waals surface area contributed by atoms with Crippen LogP contribution in [0.2, 0.25) is 0 Å². The first-order chi connectivity index (χ1) is 5.06. The van der Waals surface area contributed by atoms with Crippen molar-refractivity contribution < 1.29 is 4.79 Å². The molecule has 3 N–H and O–H groups in total. The van der Waals surface area contributed by atoms with Crippen LogP contribution in [0.1, 0.15) is 0 Å². The van der Waals surface area contributed by atoms with Gasteiger partial charge in [0.15, 0.2) is 6.19 Å². The van der Waals surface area contributed by atoms with Crippen molar-refractivity contribution in [2.75, 3.05) is 6.54 Å². The largest absolute Gasteiger partial charge is 0.350 e. The van der Waals surface area contributed by atoms with E-state index in [0.29, 0.717) is 0 Å².